The monoisotopic (exact) mass is 670 g/mol. The minimum atomic E-state index is -0.615. The number of carbonyl (C=O) groups excluding carboxylic acids is 1. The van der Waals surface area contributed by atoms with E-state index in [1.165, 1.54) is 116 Å². The van der Waals surface area contributed by atoms with Gasteiger partial charge in [0.05, 0.1) is 19.3 Å². The van der Waals surface area contributed by atoms with Gasteiger partial charge < -0.3 is 24.6 Å². The Balaban J connectivity index is 3.83. The van der Waals surface area contributed by atoms with Crippen LogP contribution in [0.25, 0.3) is 0 Å². The summed E-state index contributed by atoms with van der Waals surface area (Å²) in [5.74, 6) is -0.0279. The van der Waals surface area contributed by atoms with Crippen LogP contribution in [0.4, 0.5) is 0 Å². The predicted octanol–water partition coefficient (Wildman–Crippen LogP) is 11.3. The van der Waals surface area contributed by atoms with Crippen molar-refractivity contribution < 1.29 is 24.5 Å². The van der Waals surface area contributed by atoms with Crippen molar-refractivity contribution in [3.8, 4) is 0 Å². The summed E-state index contributed by atoms with van der Waals surface area (Å²) >= 11 is 0. The third-order valence-corrected chi connectivity index (χ3v) is 9.57. The van der Waals surface area contributed by atoms with Gasteiger partial charge in [0.1, 0.15) is 0 Å². The molecule has 0 aliphatic rings. The number of carbonyl (C=O) groups is 1. The van der Waals surface area contributed by atoms with Crippen molar-refractivity contribution in [1.82, 2.24) is 4.90 Å². The molecule has 6 heteroatoms. The van der Waals surface area contributed by atoms with Gasteiger partial charge in [0.15, 0.2) is 6.29 Å². The molecule has 0 aliphatic heterocycles. The number of esters is 1. The van der Waals surface area contributed by atoms with E-state index in [1.807, 2.05) is 0 Å². The number of hydrogen-bond donors (Lipinski definition) is 2. The molecule has 2 unspecified atom stereocenters. The summed E-state index contributed by atoms with van der Waals surface area (Å²) in [7, 11) is 0. The zero-order valence-electron chi connectivity index (χ0n) is 32.0. The molecule has 0 heterocycles. The molecule has 0 aromatic rings. The molecular formula is C41H83NO5. The maximum absolute atomic E-state index is 12.0. The first-order valence-electron chi connectivity index (χ1n) is 20.9. The molecule has 0 aromatic heterocycles. The van der Waals surface area contributed by atoms with E-state index in [2.05, 4.69) is 25.7 Å². The summed E-state index contributed by atoms with van der Waals surface area (Å²) in [5.41, 5.74) is 0. The molecule has 47 heavy (non-hydrogen) atoms. The number of hydrogen-bond acceptors (Lipinski definition) is 6. The van der Waals surface area contributed by atoms with Crippen LogP contribution in [0.2, 0.25) is 0 Å². The van der Waals surface area contributed by atoms with E-state index in [0.29, 0.717) is 13.0 Å². The molecule has 0 spiro atoms. The summed E-state index contributed by atoms with van der Waals surface area (Å²) in [6, 6.07) is 0. The fourth-order valence-electron chi connectivity index (χ4n) is 6.46. The van der Waals surface area contributed by atoms with Gasteiger partial charge in [-0.25, -0.2) is 0 Å². The van der Waals surface area contributed by atoms with Crippen molar-refractivity contribution in [3.63, 3.8) is 0 Å². The fourth-order valence-corrected chi connectivity index (χ4v) is 6.46. The normalized spacial score (nSPS) is 13.0. The summed E-state index contributed by atoms with van der Waals surface area (Å²) in [6.07, 6.45) is 34.5. The lowest BCUT2D eigenvalue weighted by atomic mass is 10.0. The summed E-state index contributed by atoms with van der Waals surface area (Å²) in [5, 5.41) is 20.1. The van der Waals surface area contributed by atoms with Gasteiger partial charge in [-0.3, -0.25) is 4.79 Å². The summed E-state index contributed by atoms with van der Waals surface area (Å²) < 4.78 is 11.5. The van der Waals surface area contributed by atoms with Crippen LogP contribution in [-0.4, -0.2) is 66.3 Å². The van der Waals surface area contributed by atoms with Gasteiger partial charge in [-0.1, -0.05) is 156 Å². The first-order chi connectivity index (χ1) is 23.1. The molecule has 0 fully saturated rings. The second-order valence-corrected chi connectivity index (χ2v) is 14.2. The molecule has 0 radical (unpaired) electrons. The molecule has 282 valence electrons. The van der Waals surface area contributed by atoms with Gasteiger partial charge in [-0.05, 0) is 64.5 Å². The molecule has 2 N–H and O–H groups in total. The van der Waals surface area contributed by atoms with Crippen molar-refractivity contribution in [2.45, 2.75) is 226 Å². The summed E-state index contributed by atoms with van der Waals surface area (Å²) in [4.78, 5) is 14.4. The molecule has 0 saturated carbocycles. The average Bonchev–Trinajstić information content (AvgIpc) is 3.06. The van der Waals surface area contributed by atoms with Gasteiger partial charge in [0.25, 0.3) is 0 Å². The SMILES string of the molecule is CCCCCCCCCOC(=O)CCCCCCCN(CCO)CCCCCCCC(O)OC(CCCCC)CCCCCCCC. The van der Waals surface area contributed by atoms with Crippen LogP contribution in [0.3, 0.4) is 0 Å². The van der Waals surface area contributed by atoms with Crippen LogP contribution in [0, 0.1) is 0 Å². The molecule has 0 aliphatic carbocycles. The smallest absolute Gasteiger partial charge is 0.305 e. The highest BCUT2D eigenvalue weighted by atomic mass is 16.6. The Morgan fingerprint density at radius 2 is 0.957 bits per heavy atom. The zero-order chi connectivity index (χ0) is 34.5. The molecule has 0 aromatic carbocycles. The average molecular weight is 670 g/mol. The van der Waals surface area contributed by atoms with E-state index in [0.717, 1.165) is 90.3 Å². The minimum Gasteiger partial charge on any atom is -0.466 e. The standard InChI is InChI=1S/C41H83NO5/c1-4-7-10-12-14-22-29-38-46-40(44)32-25-18-15-20-27-34-42(36-37-43)35-28-21-16-19-26-33-41(45)47-39(30-23-9-6-3)31-24-17-13-11-8-5-2/h39,41,43,45H,4-38H2,1-3H3. The first-order valence-corrected chi connectivity index (χ1v) is 20.9. The topological polar surface area (TPSA) is 79.2 Å². The third kappa shape index (κ3) is 35.0. The molecule has 0 rings (SSSR count). The number of rotatable bonds is 39. The van der Waals surface area contributed by atoms with Crippen molar-refractivity contribution >= 4 is 5.97 Å². The van der Waals surface area contributed by atoms with Gasteiger partial charge in [0.2, 0.25) is 0 Å². The third-order valence-electron chi connectivity index (χ3n) is 9.57. The maximum atomic E-state index is 12.0. The van der Waals surface area contributed by atoms with Gasteiger partial charge in [-0.15, -0.1) is 0 Å². The Hall–Kier alpha value is -0.690. The number of nitrogens with zero attached hydrogens (tertiary/aromatic N) is 1. The number of ether oxygens (including phenoxy) is 2. The highest BCUT2D eigenvalue weighted by molar-refractivity contribution is 5.69. The second-order valence-electron chi connectivity index (χ2n) is 14.2. The van der Waals surface area contributed by atoms with Crippen molar-refractivity contribution in [2.24, 2.45) is 0 Å². The number of aliphatic hydroxyl groups excluding tert-OH is 2. The molecule has 2 atom stereocenters. The van der Waals surface area contributed by atoms with Crippen LogP contribution in [0.15, 0.2) is 0 Å². The molecule has 0 saturated heterocycles. The highest BCUT2D eigenvalue weighted by Crippen LogP contribution is 2.19. The van der Waals surface area contributed by atoms with Crippen LogP contribution >= 0.6 is 0 Å². The lowest BCUT2D eigenvalue weighted by Gasteiger charge is -2.22. The van der Waals surface area contributed by atoms with Crippen LogP contribution < -0.4 is 0 Å². The largest absolute Gasteiger partial charge is 0.466 e. The zero-order valence-corrected chi connectivity index (χ0v) is 32.0. The number of unbranched alkanes of at least 4 members (excludes halogenated alkanes) is 21. The van der Waals surface area contributed by atoms with E-state index in [9.17, 15) is 15.0 Å². The maximum Gasteiger partial charge on any atom is 0.305 e. The Kier molecular flexibility index (Phi) is 37.6. The van der Waals surface area contributed by atoms with E-state index in [-0.39, 0.29) is 18.7 Å². The summed E-state index contributed by atoms with van der Waals surface area (Å²) in [6.45, 7) is 10.4. The Labute approximate surface area is 293 Å². The van der Waals surface area contributed by atoms with Gasteiger partial charge in [0, 0.05) is 13.0 Å². The lowest BCUT2D eigenvalue weighted by Crippen LogP contribution is -2.29. The van der Waals surface area contributed by atoms with Crippen LogP contribution in [0.1, 0.15) is 213 Å². The van der Waals surface area contributed by atoms with E-state index < -0.39 is 6.29 Å². The number of aliphatic hydroxyl groups is 2. The van der Waals surface area contributed by atoms with E-state index in [4.69, 9.17) is 9.47 Å². The second kappa shape index (κ2) is 38.1. The van der Waals surface area contributed by atoms with Crippen molar-refractivity contribution in [2.75, 3.05) is 32.8 Å². The first kappa shape index (κ1) is 46.3. The molecular weight excluding hydrogens is 586 g/mol. The van der Waals surface area contributed by atoms with Crippen molar-refractivity contribution in [3.05, 3.63) is 0 Å². The Bertz CT molecular complexity index is 619. The van der Waals surface area contributed by atoms with E-state index >= 15 is 0 Å². The van der Waals surface area contributed by atoms with Gasteiger partial charge in [-0.2, -0.15) is 0 Å². The highest BCUT2D eigenvalue weighted by Gasteiger charge is 2.14. The molecule has 0 amide bonds. The predicted molar refractivity (Wildman–Crippen MR) is 201 cm³/mol. The van der Waals surface area contributed by atoms with Gasteiger partial charge >= 0.3 is 5.97 Å². The Morgan fingerprint density at radius 3 is 1.51 bits per heavy atom. The molecule has 0 bridgehead atoms. The van der Waals surface area contributed by atoms with Crippen LogP contribution in [0.5, 0.6) is 0 Å². The van der Waals surface area contributed by atoms with Crippen LogP contribution in [-0.2, 0) is 14.3 Å². The van der Waals surface area contributed by atoms with E-state index in [1.54, 1.807) is 0 Å². The Morgan fingerprint density at radius 1 is 0.532 bits per heavy atom. The molecule has 6 nitrogen and oxygen atoms in total. The lowest BCUT2D eigenvalue weighted by molar-refractivity contribution is -0.144. The quantitative estimate of drug-likeness (QED) is 0.0385. The van der Waals surface area contributed by atoms with Crippen molar-refractivity contribution in [1.29, 1.82) is 0 Å². The fraction of sp³-hybridized carbons (Fsp3) is 0.976. The minimum absolute atomic E-state index is 0.0279.